The molecule has 0 amide bonds. The second-order valence-electron chi connectivity index (χ2n) is 8.67. The number of rotatable bonds is 15. The van der Waals surface area contributed by atoms with Crippen molar-refractivity contribution in [1.29, 1.82) is 0 Å². The smallest absolute Gasteiger partial charge is 0.0525 e. The zero-order chi connectivity index (χ0) is 20.8. The number of hydrogen-bond donors (Lipinski definition) is 1. The fraction of sp³-hybridized carbons (Fsp3) is 0.556. The van der Waals surface area contributed by atoms with E-state index < -0.39 is 0 Å². The van der Waals surface area contributed by atoms with Gasteiger partial charge in [-0.25, -0.2) is 0 Å². The highest BCUT2D eigenvalue weighted by Gasteiger charge is 2.24. The van der Waals surface area contributed by atoms with Gasteiger partial charge in [-0.3, -0.25) is 0 Å². The Hall–Kier alpha value is -1.25. The van der Waals surface area contributed by atoms with Gasteiger partial charge in [-0.1, -0.05) is 100 Å². The Labute approximate surface area is 183 Å². The van der Waals surface area contributed by atoms with Crippen LogP contribution < -0.4 is 0 Å². The third-order valence-corrected chi connectivity index (χ3v) is 7.29. The molecule has 29 heavy (non-hydrogen) atoms. The van der Waals surface area contributed by atoms with Crippen LogP contribution in [-0.2, 0) is 5.41 Å². The Balaban J connectivity index is 1.45. The van der Waals surface area contributed by atoms with E-state index in [-0.39, 0.29) is 12.0 Å². The lowest BCUT2D eigenvalue weighted by atomic mass is 9.79. The molecule has 0 heterocycles. The van der Waals surface area contributed by atoms with Gasteiger partial charge in [-0.15, -0.1) is 0 Å². The lowest BCUT2D eigenvalue weighted by Crippen LogP contribution is -2.26. The average Bonchev–Trinajstić information content (AvgIpc) is 2.78. The van der Waals surface area contributed by atoms with Crippen molar-refractivity contribution in [3.8, 4) is 0 Å². The summed E-state index contributed by atoms with van der Waals surface area (Å²) < 4.78 is 0. The second kappa shape index (κ2) is 13.9. The van der Waals surface area contributed by atoms with Gasteiger partial charge in [-0.2, -0.15) is 11.8 Å². The summed E-state index contributed by atoms with van der Waals surface area (Å²) >= 11 is 2.12. The van der Waals surface area contributed by atoms with Crippen molar-refractivity contribution in [3.63, 3.8) is 0 Å². The van der Waals surface area contributed by atoms with Gasteiger partial charge >= 0.3 is 0 Å². The van der Waals surface area contributed by atoms with Crippen LogP contribution in [0.3, 0.4) is 0 Å². The molecule has 0 spiro atoms. The van der Waals surface area contributed by atoms with Crippen LogP contribution in [0.15, 0.2) is 60.7 Å². The van der Waals surface area contributed by atoms with E-state index in [1.807, 2.05) is 6.07 Å². The first-order chi connectivity index (χ1) is 14.2. The van der Waals surface area contributed by atoms with E-state index in [0.717, 1.165) is 6.42 Å². The quantitative estimate of drug-likeness (QED) is 0.304. The third kappa shape index (κ3) is 8.97. The van der Waals surface area contributed by atoms with Crippen LogP contribution in [0.1, 0.15) is 82.3 Å². The maximum Gasteiger partial charge on any atom is 0.0525 e. The number of aliphatic hydroxyl groups excluding tert-OH is 1. The summed E-state index contributed by atoms with van der Waals surface area (Å²) in [7, 11) is 0. The molecule has 2 rings (SSSR count). The Bertz CT molecular complexity index is 642. The van der Waals surface area contributed by atoms with Crippen molar-refractivity contribution < 1.29 is 5.11 Å². The number of thioether (sulfide) groups is 1. The van der Waals surface area contributed by atoms with Gasteiger partial charge in [-0.05, 0) is 54.2 Å². The molecule has 0 saturated carbocycles. The Kier molecular flexibility index (Phi) is 11.5. The van der Waals surface area contributed by atoms with Crippen LogP contribution in [0.2, 0.25) is 0 Å². The summed E-state index contributed by atoms with van der Waals surface area (Å²) in [5, 5.41) is 9.88. The van der Waals surface area contributed by atoms with E-state index in [9.17, 15) is 5.11 Å². The molecular formula is C27H40OS. The standard InChI is InChI=1S/C27H40OS/c1-24(25-16-8-3-9-17-25)15-7-5-13-21-29-22-14-6-12-20-27(2,23-28)26-18-10-4-11-19-26/h3-4,8-11,16-19,24,28H,5-7,12-15,20-23H2,1-2H3. The molecule has 1 nitrogen and oxygen atoms in total. The van der Waals surface area contributed by atoms with E-state index in [2.05, 4.69) is 80.2 Å². The van der Waals surface area contributed by atoms with Gasteiger partial charge in [0.2, 0.25) is 0 Å². The summed E-state index contributed by atoms with van der Waals surface area (Å²) in [6.07, 6.45) is 10.2. The van der Waals surface area contributed by atoms with Crippen molar-refractivity contribution in [1.82, 2.24) is 0 Å². The van der Waals surface area contributed by atoms with Crippen molar-refractivity contribution in [3.05, 3.63) is 71.8 Å². The van der Waals surface area contributed by atoms with Crippen LogP contribution in [0.5, 0.6) is 0 Å². The number of unbranched alkanes of at least 4 members (excludes halogenated alkanes) is 4. The molecule has 0 radical (unpaired) electrons. The molecule has 2 atom stereocenters. The van der Waals surface area contributed by atoms with E-state index in [1.54, 1.807) is 0 Å². The molecule has 2 heteroatoms. The molecule has 1 N–H and O–H groups in total. The first-order valence-corrected chi connectivity index (χ1v) is 12.6. The zero-order valence-electron chi connectivity index (χ0n) is 18.5. The molecule has 0 aliphatic carbocycles. The number of hydrogen-bond acceptors (Lipinski definition) is 2. The molecule has 2 aromatic rings. The van der Waals surface area contributed by atoms with Gasteiger partial charge in [0.1, 0.15) is 0 Å². The maximum absolute atomic E-state index is 9.88. The van der Waals surface area contributed by atoms with E-state index in [4.69, 9.17) is 0 Å². The molecule has 0 aliphatic heterocycles. The fourth-order valence-corrected chi connectivity index (χ4v) is 4.95. The monoisotopic (exact) mass is 412 g/mol. The van der Waals surface area contributed by atoms with Crippen LogP contribution in [0.25, 0.3) is 0 Å². The normalized spacial score (nSPS) is 14.4. The van der Waals surface area contributed by atoms with Crippen molar-refractivity contribution in [2.75, 3.05) is 18.1 Å². The third-order valence-electron chi connectivity index (χ3n) is 6.13. The molecule has 2 aromatic carbocycles. The largest absolute Gasteiger partial charge is 0.395 e. The summed E-state index contributed by atoms with van der Waals surface area (Å²) in [6, 6.07) is 21.4. The minimum Gasteiger partial charge on any atom is -0.395 e. The summed E-state index contributed by atoms with van der Waals surface area (Å²) in [4.78, 5) is 0. The predicted octanol–water partition coefficient (Wildman–Crippen LogP) is 7.59. The lowest BCUT2D eigenvalue weighted by molar-refractivity contribution is 0.193. The summed E-state index contributed by atoms with van der Waals surface area (Å²) in [5.41, 5.74) is 2.65. The molecule has 0 aromatic heterocycles. The SMILES string of the molecule is CC(CCCCCSCCCCCC(C)(CO)c1ccccc1)c1ccccc1. The van der Waals surface area contributed by atoms with Gasteiger partial charge in [0.25, 0.3) is 0 Å². The highest BCUT2D eigenvalue weighted by atomic mass is 32.2. The zero-order valence-corrected chi connectivity index (χ0v) is 19.3. The highest BCUT2D eigenvalue weighted by Crippen LogP contribution is 2.29. The van der Waals surface area contributed by atoms with Crippen LogP contribution >= 0.6 is 11.8 Å². The van der Waals surface area contributed by atoms with E-state index in [0.29, 0.717) is 5.92 Å². The molecule has 160 valence electrons. The molecule has 0 aliphatic rings. The minimum absolute atomic E-state index is 0.0920. The fourth-order valence-electron chi connectivity index (χ4n) is 3.93. The Morgan fingerprint density at radius 2 is 1.38 bits per heavy atom. The lowest BCUT2D eigenvalue weighted by Gasteiger charge is -2.28. The van der Waals surface area contributed by atoms with Gasteiger partial charge < -0.3 is 5.11 Å². The molecule has 0 fully saturated rings. The molecule has 0 bridgehead atoms. The topological polar surface area (TPSA) is 20.2 Å². The predicted molar refractivity (Wildman–Crippen MR) is 130 cm³/mol. The van der Waals surface area contributed by atoms with E-state index in [1.165, 1.54) is 67.6 Å². The maximum atomic E-state index is 9.88. The summed E-state index contributed by atoms with van der Waals surface area (Å²) in [5.74, 6) is 3.27. The Morgan fingerprint density at radius 1 is 0.793 bits per heavy atom. The molecule has 0 saturated heterocycles. The molecular weight excluding hydrogens is 372 g/mol. The first-order valence-electron chi connectivity index (χ1n) is 11.4. The van der Waals surface area contributed by atoms with Gasteiger partial charge in [0.15, 0.2) is 0 Å². The van der Waals surface area contributed by atoms with Crippen LogP contribution in [0, 0.1) is 0 Å². The second-order valence-corrected chi connectivity index (χ2v) is 9.89. The van der Waals surface area contributed by atoms with Crippen molar-refractivity contribution in [2.24, 2.45) is 0 Å². The number of aliphatic hydroxyl groups is 1. The first kappa shape index (κ1) is 24.0. The highest BCUT2D eigenvalue weighted by molar-refractivity contribution is 7.99. The van der Waals surface area contributed by atoms with Crippen molar-refractivity contribution in [2.45, 2.75) is 76.5 Å². The van der Waals surface area contributed by atoms with Gasteiger partial charge in [0.05, 0.1) is 6.61 Å². The minimum atomic E-state index is -0.0920. The number of benzene rings is 2. The summed E-state index contributed by atoms with van der Waals surface area (Å²) in [6.45, 7) is 4.77. The van der Waals surface area contributed by atoms with Gasteiger partial charge in [0, 0.05) is 5.41 Å². The van der Waals surface area contributed by atoms with E-state index >= 15 is 0 Å². The van der Waals surface area contributed by atoms with Crippen LogP contribution in [0.4, 0.5) is 0 Å². The molecule has 2 unspecified atom stereocenters. The Morgan fingerprint density at radius 3 is 2.00 bits per heavy atom. The van der Waals surface area contributed by atoms with Crippen LogP contribution in [-0.4, -0.2) is 23.2 Å². The van der Waals surface area contributed by atoms with Crippen molar-refractivity contribution >= 4 is 11.8 Å². The average molecular weight is 413 g/mol.